The average Bonchev–Trinajstić information content (AvgIpc) is 2.40. The van der Waals surface area contributed by atoms with Crippen LogP contribution in [-0.4, -0.2) is 0 Å². The van der Waals surface area contributed by atoms with Crippen molar-refractivity contribution in [2.45, 2.75) is 31.5 Å². The Labute approximate surface area is 134 Å². The van der Waals surface area contributed by atoms with E-state index in [2.05, 4.69) is 42.8 Å². The topological polar surface area (TPSA) is 9.23 Å². The molecule has 0 bridgehead atoms. The van der Waals surface area contributed by atoms with Crippen molar-refractivity contribution in [1.29, 1.82) is 0 Å². The largest absolute Gasteiger partial charge is 0.455 e. The maximum atomic E-state index is 6.28. The molecule has 0 aliphatic carbocycles. The van der Waals surface area contributed by atoms with Gasteiger partial charge in [0.15, 0.2) is 0 Å². The van der Waals surface area contributed by atoms with Crippen molar-refractivity contribution in [3.05, 3.63) is 58.6 Å². The van der Waals surface area contributed by atoms with Gasteiger partial charge < -0.3 is 4.74 Å². The number of alkyl halides is 1. The summed E-state index contributed by atoms with van der Waals surface area (Å²) in [5.74, 6) is 1.58. The summed E-state index contributed by atoms with van der Waals surface area (Å²) in [5, 5.41) is 1.34. The van der Waals surface area contributed by atoms with Crippen LogP contribution in [0, 0.1) is 0 Å². The van der Waals surface area contributed by atoms with E-state index in [0.717, 1.165) is 17.1 Å². The van der Waals surface area contributed by atoms with Gasteiger partial charge in [0.25, 0.3) is 0 Å². The van der Waals surface area contributed by atoms with Gasteiger partial charge in [-0.05, 0) is 17.5 Å². The third kappa shape index (κ3) is 3.36. The van der Waals surface area contributed by atoms with Gasteiger partial charge in [-0.15, -0.1) is 0 Å². The number of rotatable bonds is 3. The summed E-state index contributed by atoms with van der Waals surface area (Å²) in [7, 11) is 0. The molecule has 0 heterocycles. The maximum absolute atomic E-state index is 6.28. The minimum Gasteiger partial charge on any atom is -0.455 e. The van der Waals surface area contributed by atoms with E-state index in [-0.39, 0.29) is 5.41 Å². The van der Waals surface area contributed by atoms with Gasteiger partial charge in [-0.2, -0.15) is 0 Å². The maximum Gasteiger partial charge on any atom is 0.150 e. The predicted molar refractivity (Wildman–Crippen MR) is 89.3 cm³/mol. The molecule has 0 aliphatic heterocycles. The predicted octanol–water partition coefficient (Wildman–Crippen LogP) is 6.32. The first kappa shape index (κ1) is 15.4. The molecule has 2 aromatic rings. The molecule has 0 aliphatic rings. The van der Waals surface area contributed by atoms with Crippen molar-refractivity contribution < 1.29 is 4.74 Å². The third-order valence-corrected chi connectivity index (χ3v) is 4.00. The highest BCUT2D eigenvalue weighted by molar-refractivity contribution is 9.08. The number of hydrogen-bond donors (Lipinski definition) is 0. The Bertz CT molecular complexity index is 602. The normalized spacial score (nSPS) is 11.4. The summed E-state index contributed by atoms with van der Waals surface area (Å²) in [6, 6.07) is 13.9. The number of para-hydroxylation sites is 2. The van der Waals surface area contributed by atoms with E-state index in [9.17, 15) is 0 Å². The Balaban J connectivity index is 2.46. The van der Waals surface area contributed by atoms with Gasteiger partial charge in [-0.25, -0.2) is 0 Å². The molecule has 0 radical (unpaired) electrons. The second-order valence-corrected chi connectivity index (χ2v) is 6.68. The van der Waals surface area contributed by atoms with E-state index in [1.165, 1.54) is 5.56 Å². The fourth-order valence-electron chi connectivity index (χ4n) is 2.06. The molecule has 0 N–H and O–H groups in total. The number of halogens is 2. The molecule has 0 aromatic heterocycles. The number of benzene rings is 2. The van der Waals surface area contributed by atoms with E-state index in [0.29, 0.717) is 10.4 Å². The van der Waals surface area contributed by atoms with Crippen molar-refractivity contribution >= 4 is 27.5 Å². The van der Waals surface area contributed by atoms with Gasteiger partial charge in [-0.1, -0.05) is 78.6 Å². The van der Waals surface area contributed by atoms with Crippen molar-refractivity contribution in [3.8, 4) is 11.5 Å². The molecule has 3 heteroatoms. The van der Waals surface area contributed by atoms with E-state index in [1.54, 1.807) is 0 Å². The Morgan fingerprint density at radius 1 is 1.05 bits per heavy atom. The fourth-order valence-corrected chi connectivity index (χ4v) is 2.73. The van der Waals surface area contributed by atoms with Crippen molar-refractivity contribution in [3.63, 3.8) is 0 Å². The van der Waals surface area contributed by atoms with Gasteiger partial charge in [0.1, 0.15) is 11.5 Å². The van der Waals surface area contributed by atoms with Crippen molar-refractivity contribution in [2.75, 3.05) is 0 Å². The Kier molecular flexibility index (Phi) is 4.77. The zero-order chi connectivity index (χ0) is 14.8. The molecule has 0 unspecified atom stereocenters. The highest BCUT2D eigenvalue weighted by Crippen LogP contribution is 2.38. The molecular formula is C17H18BrClO. The summed E-state index contributed by atoms with van der Waals surface area (Å²) >= 11 is 9.75. The molecule has 106 valence electrons. The molecule has 2 rings (SSSR count). The van der Waals surface area contributed by atoms with Crippen LogP contribution in [0.15, 0.2) is 42.5 Å². The Morgan fingerprint density at radius 2 is 1.75 bits per heavy atom. The van der Waals surface area contributed by atoms with Crippen LogP contribution in [0.3, 0.4) is 0 Å². The number of ether oxygens (including phenoxy) is 1. The zero-order valence-electron chi connectivity index (χ0n) is 11.9. The lowest BCUT2D eigenvalue weighted by Gasteiger charge is -2.23. The molecule has 20 heavy (non-hydrogen) atoms. The molecule has 0 saturated carbocycles. The summed E-state index contributed by atoms with van der Waals surface area (Å²) in [5.41, 5.74) is 2.23. The smallest absolute Gasteiger partial charge is 0.150 e. The van der Waals surface area contributed by atoms with Crippen molar-refractivity contribution in [2.24, 2.45) is 0 Å². The van der Waals surface area contributed by atoms with Crippen LogP contribution in [0.2, 0.25) is 5.02 Å². The van der Waals surface area contributed by atoms with Crippen LogP contribution in [0.4, 0.5) is 0 Å². The second-order valence-electron chi connectivity index (χ2n) is 5.71. The molecule has 0 fully saturated rings. The lowest BCUT2D eigenvalue weighted by Crippen LogP contribution is -2.12. The molecular weight excluding hydrogens is 336 g/mol. The first-order valence-corrected chi connectivity index (χ1v) is 8.04. The van der Waals surface area contributed by atoms with Gasteiger partial charge >= 0.3 is 0 Å². The molecule has 1 nitrogen and oxygen atoms in total. The lowest BCUT2D eigenvalue weighted by molar-refractivity contribution is 0.452. The summed E-state index contributed by atoms with van der Waals surface area (Å²) in [6.45, 7) is 6.52. The minimum atomic E-state index is 0.0203. The van der Waals surface area contributed by atoms with Crippen LogP contribution in [0.1, 0.15) is 31.9 Å². The van der Waals surface area contributed by atoms with Crippen LogP contribution in [0.5, 0.6) is 11.5 Å². The van der Waals surface area contributed by atoms with E-state index < -0.39 is 0 Å². The van der Waals surface area contributed by atoms with Crippen LogP contribution < -0.4 is 4.74 Å². The Morgan fingerprint density at radius 3 is 2.40 bits per heavy atom. The van der Waals surface area contributed by atoms with Gasteiger partial charge in [0.2, 0.25) is 0 Å². The molecule has 0 spiro atoms. The first-order chi connectivity index (χ1) is 9.43. The van der Waals surface area contributed by atoms with Crippen molar-refractivity contribution in [1.82, 2.24) is 0 Å². The quantitative estimate of drug-likeness (QED) is 0.586. The van der Waals surface area contributed by atoms with Gasteiger partial charge in [0, 0.05) is 16.5 Å². The highest BCUT2D eigenvalue weighted by atomic mass is 79.9. The van der Waals surface area contributed by atoms with E-state index in [4.69, 9.17) is 16.3 Å². The van der Waals surface area contributed by atoms with E-state index >= 15 is 0 Å². The standard InChI is InChI=1S/C17H18BrClO/c1-17(2,3)13-8-4-5-10-15(13)20-16-12(11-18)7-6-9-14(16)19/h4-10H,11H2,1-3H3. The molecule has 2 aromatic carbocycles. The Hall–Kier alpha value is -0.990. The fraction of sp³-hybridized carbons (Fsp3) is 0.294. The zero-order valence-corrected chi connectivity index (χ0v) is 14.3. The average molecular weight is 354 g/mol. The highest BCUT2D eigenvalue weighted by Gasteiger charge is 2.20. The summed E-state index contributed by atoms with van der Waals surface area (Å²) in [6.07, 6.45) is 0. The monoisotopic (exact) mass is 352 g/mol. The van der Waals surface area contributed by atoms with Gasteiger partial charge in [0.05, 0.1) is 5.02 Å². The van der Waals surface area contributed by atoms with Crippen LogP contribution >= 0.6 is 27.5 Å². The second kappa shape index (κ2) is 6.19. The SMILES string of the molecule is CC(C)(C)c1ccccc1Oc1c(Cl)cccc1CBr. The molecule has 0 amide bonds. The minimum absolute atomic E-state index is 0.0203. The van der Waals surface area contributed by atoms with Gasteiger partial charge in [-0.3, -0.25) is 0 Å². The van der Waals surface area contributed by atoms with Crippen LogP contribution in [0.25, 0.3) is 0 Å². The summed E-state index contributed by atoms with van der Waals surface area (Å²) in [4.78, 5) is 0. The van der Waals surface area contributed by atoms with Crippen LogP contribution in [-0.2, 0) is 10.7 Å². The molecule has 0 atom stereocenters. The lowest BCUT2D eigenvalue weighted by atomic mass is 9.86. The first-order valence-electron chi connectivity index (χ1n) is 6.54. The van der Waals surface area contributed by atoms with E-state index in [1.807, 2.05) is 36.4 Å². The molecule has 0 saturated heterocycles. The summed E-state index contributed by atoms with van der Waals surface area (Å²) < 4.78 is 6.13. The number of hydrogen-bond acceptors (Lipinski definition) is 1. The third-order valence-electron chi connectivity index (χ3n) is 3.10.